The van der Waals surface area contributed by atoms with Gasteiger partial charge in [0.25, 0.3) is 5.91 Å². The van der Waals surface area contributed by atoms with Gasteiger partial charge in [0.2, 0.25) is 0 Å². The van der Waals surface area contributed by atoms with Crippen LogP contribution in [0, 0.1) is 0 Å². The van der Waals surface area contributed by atoms with Crippen LogP contribution in [-0.4, -0.2) is 49.7 Å². The number of carbonyl (C=O) groups is 2. The lowest BCUT2D eigenvalue weighted by Gasteiger charge is -2.20. The fourth-order valence-electron chi connectivity index (χ4n) is 2.58. The summed E-state index contributed by atoms with van der Waals surface area (Å²) in [5.74, 6) is 0.119. The van der Waals surface area contributed by atoms with Crippen molar-refractivity contribution in [1.29, 1.82) is 0 Å². The maximum atomic E-state index is 12.4. The van der Waals surface area contributed by atoms with Crippen LogP contribution in [0.3, 0.4) is 0 Å². The largest absolute Gasteiger partial charge is 0.496 e. The van der Waals surface area contributed by atoms with E-state index in [-0.39, 0.29) is 11.9 Å². The predicted octanol–water partition coefficient (Wildman–Crippen LogP) is 2.64. The van der Waals surface area contributed by atoms with E-state index in [1.807, 2.05) is 30.3 Å². The van der Waals surface area contributed by atoms with Gasteiger partial charge in [0, 0.05) is 26.3 Å². The first-order valence-electron chi connectivity index (χ1n) is 8.61. The van der Waals surface area contributed by atoms with Crippen LogP contribution in [-0.2, 0) is 0 Å². The highest BCUT2D eigenvalue weighted by Crippen LogP contribution is 2.23. The summed E-state index contributed by atoms with van der Waals surface area (Å²) in [4.78, 5) is 25.8. The molecule has 0 aromatic heterocycles. The number of urea groups is 1. The quantitative estimate of drug-likeness (QED) is 0.698. The van der Waals surface area contributed by atoms with Crippen molar-refractivity contribution in [3.63, 3.8) is 0 Å². The van der Waals surface area contributed by atoms with Crippen LogP contribution in [0.5, 0.6) is 5.75 Å². The van der Waals surface area contributed by atoms with Gasteiger partial charge in [0.15, 0.2) is 0 Å². The molecule has 0 aliphatic heterocycles. The Morgan fingerprint density at radius 1 is 1.19 bits per heavy atom. The molecule has 0 saturated carbocycles. The highest BCUT2D eigenvalue weighted by atomic mass is 16.5. The fraction of sp³-hybridized carbons (Fsp3) is 0.300. The van der Waals surface area contributed by atoms with Gasteiger partial charge < -0.3 is 25.4 Å². The second-order valence-electron chi connectivity index (χ2n) is 6.06. The van der Waals surface area contributed by atoms with Gasteiger partial charge in [0.1, 0.15) is 5.75 Å². The second-order valence-corrected chi connectivity index (χ2v) is 6.06. The minimum absolute atomic E-state index is 0.303. The zero-order valence-corrected chi connectivity index (χ0v) is 15.7. The molecule has 0 aliphatic rings. The summed E-state index contributed by atoms with van der Waals surface area (Å²) in [6, 6.07) is 13.8. The van der Waals surface area contributed by atoms with Crippen LogP contribution in [0.25, 0.3) is 0 Å². The van der Waals surface area contributed by atoms with E-state index in [0.29, 0.717) is 30.0 Å². The predicted molar refractivity (Wildman–Crippen MR) is 104 cm³/mol. The van der Waals surface area contributed by atoms with E-state index in [2.05, 4.69) is 10.6 Å². The van der Waals surface area contributed by atoms with Gasteiger partial charge in [-0.25, -0.2) is 4.79 Å². The highest BCUT2D eigenvalue weighted by Gasteiger charge is 2.15. The summed E-state index contributed by atoms with van der Waals surface area (Å²) in [7, 11) is 4.65. The van der Waals surface area contributed by atoms with Gasteiger partial charge >= 0.3 is 6.03 Å². The van der Waals surface area contributed by atoms with Crippen molar-refractivity contribution in [2.24, 2.45) is 0 Å². The Hall–Kier alpha value is -3.06. The first-order chi connectivity index (χ1) is 13.0. The molecule has 3 N–H and O–H groups in total. The molecule has 0 fully saturated rings. The number of anilines is 1. The molecule has 0 heterocycles. The SMILES string of the molecule is CNC(=O)c1cc(NC(=O)N(C)CC[C@H](O)c2ccccc2)ccc1OC. The van der Waals surface area contributed by atoms with Gasteiger partial charge in [-0.2, -0.15) is 0 Å². The van der Waals surface area contributed by atoms with Gasteiger partial charge in [-0.3, -0.25) is 4.79 Å². The minimum atomic E-state index is -0.637. The van der Waals surface area contributed by atoms with E-state index in [9.17, 15) is 14.7 Å². The van der Waals surface area contributed by atoms with Gasteiger partial charge in [-0.1, -0.05) is 30.3 Å². The zero-order chi connectivity index (χ0) is 19.8. The zero-order valence-electron chi connectivity index (χ0n) is 15.7. The van der Waals surface area contributed by atoms with E-state index in [4.69, 9.17) is 4.74 Å². The molecule has 0 bridgehead atoms. The maximum Gasteiger partial charge on any atom is 0.321 e. The lowest BCUT2D eigenvalue weighted by atomic mass is 10.1. The summed E-state index contributed by atoms with van der Waals surface area (Å²) in [5, 5.41) is 15.5. The molecule has 2 aromatic carbocycles. The van der Waals surface area contributed by atoms with Crippen LogP contribution in [0.2, 0.25) is 0 Å². The first kappa shape index (κ1) is 20.3. The van der Waals surface area contributed by atoms with E-state index < -0.39 is 6.10 Å². The molecule has 0 spiro atoms. The summed E-state index contributed by atoms with van der Waals surface area (Å²) in [5.41, 5.74) is 1.63. The van der Waals surface area contributed by atoms with Crippen molar-refractivity contribution in [3.05, 3.63) is 59.7 Å². The number of hydrogen-bond acceptors (Lipinski definition) is 4. The molecule has 0 unspecified atom stereocenters. The summed E-state index contributed by atoms with van der Waals surface area (Å²) < 4.78 is 5.17. The molecule has 2 aromatic rings. The van der Waals surface area contributed by atoms with E-state index >= 15 is 0 Å². The molecule has 1 atom stereocenters. The summed E-state index contributed by atoms with van der Waals surface area (Å²) in [6.45, 7) is 0.375. The molecule has 0 aliphatic carbocycles. The Balaban J connectivity index is 1.96. The molecule has 2 rings (SSSR count). The molecular formula is C20H25N3O4. The molecule has 0 radical (unpaired) electrons. The van der Waals surface area contributed by atoms with Crippen molar-refractivity contribution < 1.29 is 19.4 Å². The van der Waals surface area contributed by atoms with Crippen LogP contribution in [0.1, 0.15) is 28.4 Å². The number of carbonyl (C=O) groups excluding carboxylic acids is 2. The van der Waals surface area contributed by atoms with Crippen molar-refractivity contribution >= 4 is 17.6 Å². The molecule has 7 heteroatoms. The third kappa shape index (κ3) is 5.46. The lowest BCUT2D eigenvalue weighted by Crippen LogP contribution is -2.33. The number of nitrogens with one attached hydrogen (secondary N) is 2. The molecule has 7 nitrogen and oxygen atoms in total. The Labute approximate surface area is 158 Å². The topological polar surface area (TPSA) is 90.9 Å². The third-order valence-electron chi connectivity index (χ3n) is 4.19. The standard InChI is InChI=1S/C20H25N3O4/c1-21-19(25)16-13-15(9-10-18(16)27-3)22-20(26)23(2)12-11-17(24)14-7-5-4-6-8-14/h4-10,13,17,24H,11-12H2,1-3H3,(H,21,25)(H,22,26)/t17-/m0/s1. The van der Waals surface area contributed by atoms with Crippen LogP contribution >= 0.6 is 0 Å². The Morgan fingerprint density at radius 2 is 1.89 bits per heavy atom. The molecule has 27 heavy (non-hydrogen) atoms. The second kappa shape index (κ2) is 9.59. The fourth-order valence-corrected chi connectivity index (χ4v) is 2.58. The molecule has 3 amide bonds. The Kier molecular flexibility index (Phi) is 7.19. The third-order valence-corrected chi connectivity index (χ3v) is 4.19. The van der Waals surface area contributed by atoms with Crippen molar-refractivity contribution in [2.75, 3.05) is 33.1 Å². The van der Waals surface area contributed by atoms with Gasteiger partial charge in [-0.05, 0) is 30.2 Å². The highest BCUT2D eigenvalue weighted by molar-refractivity contribution is 5.99. The number of nitrogens with zero attached hydrogens (tertiary/aromatic N) is 1. The maximum absolute atomic E-state index is 12.4. The van der Waals surface area contributed by atoms with Gasteiger partial charge in [-0.15, -0.1) is 0 Å². The average Bonchev–Trinajstić information content (AvgIpc) is 2.71. The van der Waals surface area contributed by atoms with Crippen molar-refractivity contribution in [2.45, 2.75) is 12.5 Å². The van der Waals surface area contributed by atoms with E-state index in [1.165, 1.54) is 19.1 Å². The van der Waals surface area contributed by atoms with Gasteiger partial charge in [0.05, 0.1) is 18.8 Å². The number of ether oxygens (including phenoxy) is 1. The number of aliphatic hydroxyl groups is 1. The Bertz CT molecular complexity index is 780. The number of rotatable bonds is 7. The monoisotopic (exact) mass is 371 g/mol. The van der Waals surface area contributed by atoms with E-state index in [0.717, 1.165) is 5.56 Å². The van der Waals surface area contributed by atoms with Crippen LogP contribution < -0.4 is 15.4 Å². The minimum Gasteiger partial charge on any atom is -0.496 e. The molecule has 0 saturated heterocycles. The summed E-state index contributed by atoms with van der Waals surface area (Å²) in [6.07, 6.45) is -0.220. The number of benzene rings is 2. The van der Waals surface area contributed by atoms with Crippen molar-refractivity contribution in [3.8, 4) is 5.75 Å². The Morgan fingerprint density at radius 3 is 2.52 bits per heavy atom. The average molecular weight is 371 g/mol. The number of hydrogen-bond donors (Lipinski definition) is 3. The van der Waals surface area contributed by atoms with E-state index in [1.54, 1.807) is 25.2 Å². The smallest absolute Gasteiger partial charge is 0.321 e. The first-order valence-corrected chi connectivity index (χ1v) is 8.61. The number of aliphatic hydroxyl groups excluding tert-OH is 1. The number of methoxy groups -OCH3 is 1. The summed E-state index contributed by atoms with van der Waals surface area (Å²) >= 11 is 0. The lowest BCUT2D eigenvalue weighted by molar-refractivity contribution is 0.0960. The van der Waals surface area contributed by atoms with Crippen LogP contribution in [0.4, 0.5) is 10.5 Å². The molecule has 144 valence electrons. The normalized spacial score (nSPS) is 11.4. The van der Waals surface area contributed by atoms with Crippen LogP contribution in [0.15, 0.2) is 48.5 Å². The van der Waals surface area contributed by atoms with Crippen molar-refractivity contribution in [1.82, 2.24) is 10.2 Å². The molecular weight excluding hydrogens is 346 g/mol. The number of amides is 3.